The normalized spacial score (nSPS) is 11.7. The molecule has 1 aromatic rings. The number of carbonyl (C=O) groups excluding carboxylic acids is 2. The maximum Gasteiger partial charge on any atom is 0.340 e. The van der Waals surface area contributed by atoms with Crippen LogP contribution in [0.5, 0.6) is 0 Å². The van der Waals surface area contributed by atoms with Crippen molar-refractivity contribution < 1.29 is 14.3 Å². The number of nitrogens with one attached hydrogen (secondary N) is 1. The van der Waals surface area contributed by atoms with E-state index in [0.29, 0.717) is 5.82 Å². The van der Waals surface area contributed by atoms with Gasteiger partial charge in [0.05, 0.1) is 24.1 Å². The van der Waals surface area contributed by atoms with E-state index in [2.05, 4.69) is 10.3 Å². The van der Waals surface area contributed by atoms with Gasteiger partial charge in [-0.25, -0.2) is 9.78 Å². The molecule has 1 rings (SSSR count). The molecule has 0 aliphatic carbocycles. The molecule has 1 aromatic heterocycles. The largest absolute Gasteiger partial charge is 0.462 e. The van der Waals surface area contributed by atoms with Crippen LogP contribution in [0.25, 0.3) is 0 Å². The fraction of sp³-hybridized carbons (Fsp3) is 0.417. The van der Waals surface area contributed by atoms with E-state index in [1.165, 1.54) is 12.3 Å². The molecule has 0 radical (unpaired) electrons. The molecule has 7 heteroatoms. The van der Waals surface area contributed by atoms with Crippen molar-refractivity contribution in [2.45, 2.75) is 26.3 Å². The van der Waals surface area contributed by atoms with Crippen LogP contribution in [0.2, 0.25) is 0 Å². The van der Waals surface area contributed by atoms with E-state index in [4.69, 9.17) is 16.2 Å². The average molecular weight is 266 g/mol. The molecule has 0 saturated carbocycles. The Kier molecular flexibility index (Phi) is 5.11. The van der Waals surface area contributed by atoms with E-state index < -0.39 is 11.9 Å². The first-order valence-corrected chi connectivity index (χ1v) is 5.91. The zero-order valence-corrected chi connectivity index (χ0v) is 11.0. The van der Waals surface area contributed by atoms with Gasteiger partial charge in [-0.3, -0.25) is 4.79 Å². The lowest BCUT2D eigenvalue weighted by Crippen LogP contribution is -2.24. The summed E-state index contributed by atoms with van der Waals surface area (Å²) in [6.07, 6.45) is 1.53. The molecule has 0 aromatic carbocycles. The zero-order chi connectivity index (χ0) is 14.4. The standard InChI is InChI=1S/C12H18N4O3/c1-3-19-12(18)8-5-11(15-6-9(8)13)16-7(2)4-10(14)17/h5-7H,3-4,13H2,1-2H3,(H2,14,17)(H,15,16). The number of nitrogens with zero attached hydrogens (tertiary/aromatic N) is 1. The average Bonchev–Trinajstić information content (AvgIpc) is 2.30. The fourth-order valence-corrected chi connectivity index (χ4v) is 1.54. The topological polar surface area (TPSA) is 120 Å². The minimum absolute atomic E-state index is 0.167. The molecule has 0 saturated heterocycles. The lowest BCUT2D eigenvalue weighted by atomic mass is 10.2. The molecule has 1 heterocycles. The fourth-order valence-electron chi connectivity index (χ4n) is 1.54. The number of hydrogen-bond acceptors (Lipinski definition) is 6. The van der Waals surface area contributed by atoms with Crippen molar-refractivity contribution in [3.63, 3.8) is 0 Å². The number of amides is 1. The summed E-state index contributed by atoms with van der Waals surface area (Å²) < 4.78 is 4.88. The second-order valence-corrected chi connectivity index (χ2v) is 4.09. The minimum atomic E-state index is -0.506. The van der Waals surface area contributed by atoms with E-state index in [-0.39, 0.29) is 30.3 Å². The maximum atomic E-state index is 11.6. The van der Waals surface area contributed by atoms with E-state index in [0.717, 1.165) is 0 Å². The third-order valence-electron chi connectivity index (χ3n) is 2.33. The summed E-state index contributed by atoms with van der Waals surface area (Å²) in [5, 5.41) is 2.96. The number of rotatable bonds is 6. The molecule has 0 aliphatic heterocycles. The van der Waals surface area contributed by atoms with Gasteiger partial charge in [0.25, 0.3) is 0 Å². The third-order valence-corrected chi connectivity index (χ3v) is 2.33. The molecule has 19 heavy (non-hydrogen) atoms. The molecule has 0 aliphatic rings. The van der Waals surface area contributed by atoms with Crippen LogP contribution in [0.4, 0.5) is 11.5 Å². The Morgan fingerprint density at radius 1 is 1.53 bits per heavy atom. The summed E-state index contributed by atoms with van der Waals surface area (Å²) in [6.45, 7) is 3.76. The molecule has 1 atom stereocenters. The SMILES string of the molecule is CCOC(=O)c1cc(NC(C)CC(N)=O)ncc1N. The van der Waals surface area contributed by atoms with E-state index in [1.807, 2.05) is 0 Å². The first-order valence-electron chi connectivity index (χ1n) is 5.91. The number of hydrogen-bond donors (Lipinski definition) is 3. The van der Waals surface area contributed by atoms with Gasteiger partial charge in [-0.05, 0) is 19.9 Å². The van der Waals surface area contributed by atoms with Crippen LogP contribution in [0.15, 0.2) is 12.3 Å². The number of nitrogen functional groups attached to an aromatic ring is 1. The van der Waals surface area contributed by atoms with Crippen LogP contribution < -0.4 is 16.8 Å². The van der Waals surface area contributed by atoms with Gasteiger partial charge < -0.3 is 21.5 Å². The smallest absolute Gasteiger partial charge is 0.340 e. The molecule has 5 N–H and O–H groups in total. The van der Waals surface area contributed by atoms with Gasteiger partial charge in [0.2, 0.25) is 5.91 Å². The van der Waals surface area contributed by atoms with E-state index in [9.17, 15) is 9.59 Å². The molecule has 1 unspecified atom stereocenters. The molecule has 0 bridgehead atoms. The number of anilines is 2. The van der Waals surface area contributed by atoms with Crippen LogP contribution in [-0.4, -0.2) is 29.5 Å². The summed E-state index contributed by atoms with van der Waals surface area (Å²) in [6, 6.07) is 1.30. The van der Waals surface area contributed by atoms with Crippen LogP contribution in [0, 0.1) is 0 Å². The monoisotopic (exact) mass is 266 g/mol. The van der Waals surface area contributed by atoms with Crippen LogP contribution in [-0.2, 0) is 9.53 Å². The van der Waals surface area contributed by atoms with Crippen molar-refractivity contribution >= 4 is 23.4 Å². The van der Waals surface area contributed by atoms with Crippen molar-refractivity contribution in [2.24, 2.45) is 5.73 Å². The van der Waals surface area contributed by atoms with Gasteiger partial charge in [0.15, 0.2) is 0 Å². The lowest BCUT2D eigenvalue weighted by molar-refractivity contribution is -0.118. The highest BCUT2D eigenvalue weighted by atomic mass is 16.5. The quantitative estimate of drug-likeness (QED) is 0.645. The van der Waals surface area contributed by atoms with Gasteiger partial charge in [-0.1, -0.05) is 0 Å². The van der Waals surface area contributed by atoms with E-state index in [1.54, 1.807) is 13.8 Å². The second kappa shape index (κ2) is 6.58. The van der Waals surface area contributed by atoms with Crippen molar-refractivity contribution in [1.82, 2.24) is 4.98 Å². The Morgan fingerprint density at radius 2 is 2.21 bits per heavy atom. The van der Waals surface area contributed by atoms with Crippen LogP contribution in [0.1, 0.15) is 30.6 Å². The molecule has 0 fully saturated rings. The van der Waals surface area contributed by atoms with Gasteiger partial charge in [0, 0.05) is 12.5 Å². The molecule has 1 amide bonds. The number of carbonyl (C=O) groups is 2. The first kappa shape index (κ1) is 14.7. The predicted octanol–water partition coefficient (Wildman–Crippen LogP) is 0.516. The molecule has 0 spiro atoms. The molecular weight excluding hydrogens is 248 g/mol. The number of ether oxygens (including phenoxy) is 1. The van der Waals surface area contributed by atoms with Crippen LogP contribution in [0.3, 0.4) is 0 Å². The summed E-state index contributed by atoms with van der Waals surface area (Å²) >= 11 is 0. The zero-order valence-electron chi connectivity index (χ0n) is 11.0. The second-order valence-electron chi connectivity index (χ2n) is 4.09. The molecule has 104 valence electrons. The lowest BCUT2D eigenvalue weighted by Gasteiger charge is -2.14. The van der Waals surface area contributed by atoms with Crippen molar-refractivity contribution in [2.75, 3.05) is 17.7 Å². The predicted molar refractivity (Wildman–Crippen MR) is 71.5 cm³/mol. The highest BCUT2D eigenvalue weighted by Gasteiger charge is 2.14. The maximum absolute atomic E-state index is 11.6. The Hall–Kier alpha value is -2.31. The highest BCUT2D eigenvalue weighted by molar-refractivity contribution is 5.95. The van der Waals surface area contributed by atoms with Crippen LogP contribution >= 0.6 is 0 Å². The number of aromatic nitrogens is 1. The summed E-state index contributed by atoms with van der Waals surface area (Å²) in [5.74, 6) is -0.486. The summed E-state index contributed by atoms with van der Waals surface area (Å²) in [5.41, 5.74) is 11.2. The van der Waals surface area contributed by atoms with Gasteiger partial charge in [0.1, 0.15) is 5.82 Å². The Bertz CT molecular complexity index is 476. The minimum Gasteiger partial charge on any atom is -0.462 e. The first-order chi connectivity index (χ1) is 8.93. The van der Waals surface area contributed by atoms with Crippen molar-refractivity contribution in [1.29, 1.82) is 0 Å². The number of nitrogens with two attached hydrogens (primary N) is 2. The Balaban J connectivity index is 2.84. The molecular formula is C12H18N4O3. The number of esters is 1. The Morgan fingerprint density at radius 3 is 2.79 bits per heavy atom. The summed E-state index contributed by atoms with van der Waals surface area (Å²) in [7, 11) is 0. The summed E-state index contributed by atoms with van der Waals surface area (Å²) in [4.78, 5) is 26.5. The van der Waals surface area contributed by atoms with E-state index >= 15 is 0 Å². The Labute approximate surface area is 111 Å². The number of primary amides is 1. The highest BCUT2D eigenvalue weighted by Crippen LogP contribution is 2.17. The molecule has 7 nitrogen and oxygen atoms in total. The third kappa shape index (κ3) is 4.46. The van der Waals surface area contributed by atoms with Gasteiger partial charge in [-0.15, -0.1) is 0 Å². The van der Waals surface area contributed by atoms with Gasteiger partial charge in [-0.2, -0.15) is 0 Å². The number of pyridine rings is 1. The van der Waals surface area contributed by atoms with Crippen molar-refractivity contribution in [3.8, 4) is 0 Å². The van der Waals surface area contributed by atoms with Gasteiger partial charge >= 0.3 is 5.97 Å². The van der Waals surface area contributed by atoms with Crippen molar-refractivity contribution in [3.05, 3.63) is 17.8 Å².